The Labute approximate surface area is 140 Å². The quantitative estimate of drug-likeness (QED) is 0.641. The highest BCUT2D eigenvalue weighted by atomic mass is 32.1. The van der Waals surface area contributed by atoms with Crippen LogP contribution in [0.3, 0.4) is 0 Å². The third-order valence-electron chi connectivity index (χ3n) is 3.68. The molecule has 0 N–H and O–H groups in total. The summed E-state index contributed by atoms with van der Waals surface area (Å²) in [5, 5.41) is 2.04. The maximum absolute atomic E-state index is 12.7. The maximum atomic E-state index is 12.7. The Bertz CT molecular complexity index is 669. The van der Waals surface area contributed by atoms with Crippen molar-refractivity contribution in [2.75, 3.05) is 0 Å². The molecule has 3 rings (SSSR count). The van der Waals surface area contributed by atoms with Gasteiger partial charge in [0.25, 0.3) is 0 Å². The zero-order valence-electron chi connectivity index (χ0n) is 12.9. The highest BCUT2D eigenvalue weighted by Crippen LogP contribution is 2.16. The van der Waals surface area contributed by atoms with Crippen molar-refractivity contribution in [3.8, 4) is 0 Å². The lowest BCUT2D eigenvalue weighted by atomic mass is 10.1. The third kappa shape index (κ3) is 4.57. The summed E-state index contributed by atoms with van der Waals surface area (Å²) >= 11 is 1.67. The fourth-order valence-electron chi connectivity index (χ4n) is 2.47. The lowest BCUT2D eigenvalue weighted by Crippen LogP contribution is -2.29. The molecule has 0 radical (unpaired) electrons. The number of amides is 1. The van der Waals surface area contributed by atoms with E-state index < -0.39 is 0 Å². The summed E-state index contributed by atoms with van der Waals surface area (Å²) in [4.78, 5) is 15.7. The van der Waals surface area contributed by atoms with Gasteiger partial charge in [-0.3, -0.25) is 4.79 Å². The monoisotopic (exact) mass is 325 g/mol. The Morgan fingerprint density at radius 3 is 2.57 bits per heavy atom. The van der Waals surface area contributed by atoms with Crippen molar-refractivity contribution in [3.63, 3.8) is 0 Å². The number of aryl methyl sites for hydroxylation is 1. The van der Waals surface area contributed by atoms with Crippen LogP contribution >= 0.6 is 11.3 Å². The predicted molar refractivity (Wildman–Crippen MR) is 92.0 cm³/mol. The lowest BCUT2D eigenvalue weighted by Gasteiger charge is -2.21. The molecule has 0 saturated carbocycles. The van der Waals surface area contributed by atoms with E-state index in [4.69, 9.17) is 4.42 Å². The number of rotatable bonds is 7. The molecule has 0 fully saturated rings. The number of benzene rings is 1. The molecule has 23 heavy (non-hydrogen) atoms. The molecule has 1 amide bonds. The highest BCUT2D eigenvalue weighted by molar-refractivity contribution is 7.09. The standard InChI is InChI=1S/C19H19NO2S/c21-19(11-10-16-6-2-1-3-7-16)20(14-17-8-4-12-22-17)15-18-9-5-13-23-18/h1-9,12-13H,10-11,14-15H2. The average molecular weight is 325 g/mol. The second kappa shape index (κ2) is 7.79. The molecule has 0 spiro atoms. The topological polar surface area (TPSA) is 33.5 Å². The number of hydrogen-bond donors (Lipinski definition) is 0. The third-order valence-corrected chi connectivity index (χ3v) is 4.54. The Morgan fingerprint density at radius 2 is 1.87 bits per heavy atom. The summed E-state index contributed by atoms with van der Waals surface area (Å²) in [6, 6.07) is 18.0. The van der Waals surface area contributed by atoms with Crippen molar-refractivity contribution >= 4 is 17.2 Å². The van der Waals surface area contributed by atoms with E-state index in [1.807, 2.05) is 46.7 Å². The number of furan rings is 1. The van der Waals surface area contributed by atoms with E-state index in [1.165, 1.54) is 10.4 Å². The van der Waals surface area contributed by atoms with Crippen molar-refractivity contribution in [1.82, 2.24) is 4.90 Å². The Kier molecular flexibility index (Phi) is 5.27. The van der Waals surface area contributed by atoms with Crippen LogP contribution in [0.2, 0.25) is 0 Å². The molecule has 0 unspecified atom stereocenters. The fraction of sp³-hybridized carbons (Fsp3) is 0.211. The van der Waals surface area contributed by atoms with E-state index in [9.17, 15) is 4.79 Å². The van der Waals surface area contributed by atoms with Gasteiger partial charge in [-0.15, -0.1) is 11.3 Å². The molecule has 118 valence electrons. The van der Waals surface area contributed by atoms with Crippen LogP contribution in [0, 0.1) is 0 Å². The van der Waals surface area contributed by atoms with Gasteiger partial charge in [0.15, 0.2) is 0 Å². The summed E-state index contributed by atoms with van der Waals surface area (Å²) in [6.45, 7) is 1.14. The molecule has 3 nitrogen and oxygen atoms in total. The van der Waals surface area contributed by atoms with Crippen LogP contribution in [0.4, 0.5) is 0 Å². The van der Waals surface area contributed by atoms with Crippen LogP contribution in [-0.2, 0) is 24.3 Å². The summed E-state index contributed by atoms with van der Waals surface area (Å²) in [7, 11) is 0. The first kappa shape index (κ1) is 15.6. The minimum Gasteiger partial charge on any atom is -0.467 e. The van der Waals surface area contributed by atoms with Crippen LogP contribution in [0.15, 0.2) is 70.7 Å². The van der Waals surface area contributed by atoms with Crippen LogP contribution < -0.4 is 0 Å². The van der Waals surface area contributed by atoms with Crippen molar-refractivity contribution in [2.24, 2.45) is 0 Å². The van der Waals surface area contributed by atoms with E-state index in [2.05, 4.69) is 18.2 Å². The van der Waals surface area contributed by atoms with Gasteiger partial charge in [0, 0.05) is 11.3 Å². The first-order valence-electron chi connectivity index (χ1n) is 7.68. The Hall–Kier alpha value is -2.33. The molecule has 0 bridgehead atoms. The molecule has 0 aliphatic carbocycles. The van der Waals surface area contributed by atoms with E-state index in [0.717, 1.165) is 12.2 Å². The summed E-state index contributed by atoms with van der Waals surface area (Å²) in [6.07, 6.45) is 2.92. The van der Waals surface area contributed by atoms with Gasteiger partial charge >= 0.3 is 0 Å². The molecular formula is C19H19NO2S. The summed E-state index contributed by atoms with van der Waals surface area (Å²) < 4.78 is 5.41. The minimum absolute atomic E-state index is 0.152. The van der Waals surface area contributed by atoms with E-state index in [1.54, 1.807) is 17.6 Å². The van der Waals surface area contributed by atoms with Gasteiger partial charge in [0.1, 0.15) is 5.76 Å². The van der Waals surface area contributed by atoms with E-state index in [0.29, 0.717) is 19.5 Å². The molecule has 0 aliphatic heterocycles. The molecular weight excluding hydrogens is 306 g/mol. The first-order chi connectivity index (χ1) is 11.3. The van der Waals surface area contributed by atoms with Crippen molar-refractivity contribution in [1.29, 1.82) is 0 Å². The average Bonchev–Trinajstić information content (AvgIpc) is 3.27. The zero-order chi connectivity index (χ0) is 15.9. The van der Waals surface area contributed by atoms with E-state index >= 15 is 0 Å². The first-order valence-corrected chi connectivity index (χ1v) is 8.56. The number of nitrogens with zero attached hydrogens (tertiary/aromatic N) is 1. The molecule has 0 atom stereocenters. The van der Waals surface area contributed by atoms with Gasteiger partial charge in [-0.1, -0.05) is 36.4 Å². The van der Waals surface area contributed by atoms with Crippen molar-refractivity contribution < 1.29 is 9.21 Å². The smallest absolute Gasteiger partial charge is 0.223 e. The SMILES string of the molecule is O=C(CCc1ccccc1)N(Cc1ccco1)Cc1cccs1. The van der Waals surface area contributed by atoms with E-state index in [-0.39, 0.29) is 5.91 Å². The number of carbonyl (C=O) groups excluding carboxylic acids is 1. The number of hydrogen-bond acceptors (Lipinski definition) is 3. The molecule has 4 heteroatoms. The molecule has 3 aromatic rings. The highest BCUT2D eigenvalue weighted by Gasteiger charge is 2.16. The molecule has 0 aliphatic rings. The zero-order valence-corrected chi connectivity index (χ0v) is 13.7. The second-order valence-corrected chi connectivity index (χ2v) is 6.43. The maximum Gasteiger partial charge on any atom is 0.223 e. The minimum atomic E-state index is 0.152. The molecule has 0 saturated heterocycles. The van der Waals surface area contributed by atoms with Crippen LogP contribution in [0.25, 0.3) is 0 Å². The van der Waals surface area contributed by atoms with Crippen molar-refractivity contribution in [3.05, 3.63) is 82.4 Å². The van der Waals surface area contributed by atoms with Crippen LogP contribution in [0.1, 0.15) is 22.6 Å². The summed E-state index contributed by atoms with van der Waals surface area (Å²) in [5.74, 6) is 0.966. The largest absolute Gasteiger partial charge is 0.467 e. The van der Waals surface area contributed by atoms with Gasteiger partial charge < -0.3 is 9.32 Å². The fourth-order valence-corrected chi connectivity index (χ4v) is 3.19. The lowest BCUT2D eigenvalue weighted by molar-refractivity contribution is -0.132. The second-order valence-electron chi connectivity index (χ2n) is 5.39. The Morgan fingerprint density at radius 1 is 1.00 bits per heavy atom. The van der Waals surface area contributed by atoms with Gasteiger partial charge in [-0.05, 0) is 35.6 Å². The summed E-state index contributed by atoms with van der Waals surface area (Å²) in [5.41, 5.74) is 1.19. The normalized spacial score (nSPS) is 10.6. The van der Waals surface area contributed by atoms with Gasteiger partial charge in [-0.2, -0.15) is 0 Å². The molecule has 2 heterocycles. The Balaban J connectivity index is 1.65. The van der Waals surface area contributed by atoms with Gasteiger partial charge in [-0.25, -0.2) is 0 Å². The van der Waals surface area contributed by atoms with Crippen LogP contribution in [-0.4, -0.2) is 10.8 Å². The number of thiophene rings is 1. The van der Waals surface area contributed by atoms with Gasteiger partial charge in [0.05, 0.1) is 19.4 Å². The van der Waals surface area contributed by atoms with Crippen LogP contribution in [0.5, 0.6) is 0 Å². The van der Waals surface area contributed by atoms with Gasteiger partial charge in [0.2, 0.25) is 5.91 Å². The molecule has 2 aromatic heterocycles. The molecule has 1 aromatic carbocycles. The number of carbonyl (C=O) groups is 1. The van der Waals surface area contributed by atoms with Crippen molar-refractivity contribution in [2.45, 2.75) is 25.9 Å². The predicted octanol–water partition coefficient (Wildman–Crippen LogP) is 4.50.